The number of nitrogens with two attached hydrogens (primary N) is 1. The van der Waals surface area contributed by atoms with E-state index in [1.165, 1.54) is 6.07 Å². The quantitative estimate of drug-likeness (QED) is 0.562. The number of carbonyl (C=O) groups is 2. The first-order chi connectivity index (χ1) is 8.56. The Hall–Kier alpha value is -2.24. The van der Waals surface area contributed by atoms with Crippen LogP contribution in [0.5, 0.6) is 0 Å². The van der Waals surface area contributed by atoms with E-state index in [0.717, 1.165) is 6.42 Å². The zero-order chi connectivity index (χ0) is 13.5. The number of carbonyl (C=O) groups excluding carboxylic acids is 1. The van der Waals surface area contributed by atoms with E-state index >= 15 is 0 Å². The monoisotopic (exact) mass is 251 g/mol. The minimum Gasteiger partial charge on any atom is -0.478 e. The largest absolute Gasteiger partial charge is 0.478 e. The molecule has 6 heteroatoms. The molecule has 0 saturated carbocycles. The summed E-state index contributed by atoms with van der Waals surface area (Å²) in [4.78, 5) is 22.4. The zero-order valence-electron chi connectivity index (χ0n) is 10.2. The van der Waals surface area contributed by atoms with Crippen molar-refractivity contribution in [2.24, 2.45) is 0 Å². The Morgan fingerprint density at radius 2 is 2.11 bits per heavy atom. The van der Waals surface area contributed by atoms with Crippen LogP contribution in [0.4, 0.5) is 11.4 Å². The lowest BCUT2D eigenvalue weighted by Gasteiger charge is -2.12. The predicted molar refractivity (Wildman–Crippen MR) is 69.6 cm³/mol. The van der Waals surface area contributed by atoms with E-state index in [1.807, 2.05) is 6.92 Å². The SMILES string of the molecule is CCCNC(=O)CNc1c(N)cccc1C(=O)O. The standard InChI is InChI=1S/C12H17N3O3/c1-2-6-14-10(16)7-15-11-8(12(17)18)4-3-5-9(11)13/h3-5,15H,2,6-7,13H2,1H3,(H,14,16)(H,17,18). The number of carboxylic acids is 1. The highest BCUT2D eigenvalue weighted by Crippen LogP contribution is 2.23. The third kappa shape index (κ3) is 3.65. The number of carboxylic acid groups (broad SMARTS) is 1. The molecule has 0 heterocycles. The van der Waals surface area contributed by atoms with Crippen LogP contribution in [0.15, 0.2) is 18.2 Å². The fourth-order valence-electron chi connectivity index (χ4n) is 1.44. The van der Waals surface area contributed by atoms with Crippen molar-refractivity contribution in [3.05, 3.63) is 23.8 Å². The van der Waals surface area contributed by atoms with E-state index in [4.69, 9.17) is 10.8 Å². The number of aromatic carboxylic acids is 1. The summed E-state index contributed by atoms with van der Waals surface area (Å²) in [6, 6.07) is 4.57. The summed E-state index contributed by atoms with van der Waals surface area (Å²) in [6.45, 7) is 2.54. The molecule has 0 aliphatic heterocycles. The number of rotatable bonds is 6. The van der Waals surface area contributed by atoms with E-state index in [-0.39, 0.29) is 23.7 Å². The van der Waals surface area contributed by atoms with Crippen LogP contribution in [0.3, 0.4) is 0 Å². The molecule has 0 aliphatic rings. The van der Waals surface area contributed by atoms with Crippen molar-refractivity contribution in [2.45, 2.75) is 13.3 Å². The molecule has 6 nitrogen and oxygen atoms in total. The van der Waals surface area contributed by atoms with Crippen molar-refractivity contribution in [3.8, 4) is 0 Å². The Balaban J connectivity index is 2.72. The molecule has 0 fully saturated rings. The fraction of sp³-hybridized carbons (Fsp3) is 0.333. The number of hydrogen-bond acceptors (Lipinski definition) is 4. The van der Waals surface area contributed by atoms with Gasteiger partial charge in [-0.2, -0.15) is 0 Å². The Labute approximate surface area is 105 Å². The number of amides is 1. The normalized spacial score (nSPS) is 9.83. The molecule has 98 valence electrons. The van der Waals surface area contributed by atoms with Crippen LogP contribution < -0.4 is 16.4 Å². The Kier molecular flexibility index (Phi) is 4.98. The molecule has 0 radical (unpaired) electrons. The third-order valence-electron chi connectivity index (χ3n) is 2.32. The summed E-state index contributed by atoms with van der Waals surface area (Å²) in [5.41, 5.74) is 6.32. The molecule has 0 aromatic heterocycles. The minimum absolute atomic E-state index is 0.00546. The van der Waals surface area contributed by atoms with Crippen molar-refractivity contribution in [3.63, 3.8) is 0 Å². The maximum Gasteiger partial charge on any atom is 0.337 e. The summed E-state index contributed by atoms with van der Waals surface area (Å²) < 4.78 is 0. The Morgan fingerprint density at radius 3 is 2.72 bits per heavy atom. The van der Waals surface area contributed by atoms with Crippen LogP contribution in [-0.4, -0.2) is 30.1 Å². The molecule has 0 atom stereocenters. The predicted octanol–water partition coefficient (Wildman–Crippen LogP) is 0.905. The van der Waals surface area contributed by atoms with Gasteiger partial charge < -0.3 is 21.5 Å². The van der Waals surface area contributed by atoms with Crippen LogP contribution in [-0.2, 0) is 4.79 Å². The number of benzene rings is 1. The van der Waals surface area contributed by atoms with Gasteiger partial charge in [0.25, 0.3) is 0 Å². The molecule has 0 unspecified atom stereocenters. The molecular weight excluding hydrogens is 234 g/mol. The minimum atomic E-state index is -1.08. The van der Waals surface area contributed by atoms with Crippen LogP contribution >= 0.6 is 0 Å². The molecule has 0 aliphatic carbocycles. The van der Waals surface area contributed by atoms with Crippen molar-refractivity contribution in [1.29, 1.82) is 0 Å². The van der Waals surface area contributed by atoms with Crippen molar-refractivity contribution < 1.29 is 14.7 Å². The van der Waals surface area contributed by atoms with Crippen LogP contribution in [0.1, 0.15) is 23.7 Å². The smallest absolute Gasteiger partial charge is 0.337 e. The fourth-order valence-corrected chi connectivity index (χ4v) is 1.44. The molecule has 0 saturated heterocycles. The topological polar surface area (TPSA) is 104 Å². The van der Waals surface area contributed by atoms with E-state index in [2.05, 4.69) is 10.6 Å². The second kappa shape index (κ2) is 6.48. The molecule has 18 heavy (non-hydrogen) atoms. The van der Waals surface area contributed by atoms with Gasteiger partial charge in [-0.3, -0.25) is 4.79 Å². The van der Waals surface area contributed by atoms with E-state index < -0.39 is 5.97 Å². The molecule has 1 aromatic carbocycles. The number of anilines is 2. The third-order valence-corrected chi connectivity index (χ3v) is 2.32. The van der Waals surface area contributed by atoms with E-state index in [1.54, 1.807) is 12.1 Å². The first kappa shape index (κ1) is 13.8. The molecule has 1 rings (SSSR count). The average Bonchev–Trinajstić information content (AvgIpc) is 2.34. The summed E-state index contributed by atoms with van der Waals surface area (Å²) in [7, 11) is 0. The highest BCUT2D eigenvalue weighted by molar-refractivity contribution is 5.98. The second-order valence-electron chi connectivity index (χ2n) is 3.78. The van der Waals surface area contributed by atoms with Crippen LogP contribution in [0, 0.1) is 0 Å². The number of hydrogen-bond donors (Lipinski definition) is 4. The summed E-state index contributed by atoms with van der Waals surface area (Å²) in [5.74, 6) is -1.28. The van der Waals surface area contributed by atoms with Gasteiger partial charge in [-0.1, -0.05) is 13.0 Å². The molecule has 5 N–H and O–H groups in total. The lowest BCUT2D eigenvalue weighted by molar-refractivity contribution is -0.119. The lowest BCUT2D eigenvalue weighted by Crippen LogP contribution is -2.30. The molecule has 0 bridgehead atoms. The van der Waals surface area contributed by atoms with Gasteiger partial charge in [0, 0.05) is 6.54 Å². The van der Waals surface area contributed by atoms with Gasteiger partial charge >= 0.3 is 5.97 Å². The second-order valence-corrected chi connectivity index (χ2v) is 3.78. The van der Waals surface area contributed by atoms with Gasteiger partial charge in [0.05, 0.1) is 23.5 Å². The molecular formula is C12H17N3O3. The van der Waals surface area contributed by atoms with Crippen LogP contribution in [0.2, 0.25) is 0 Å². The molecule has 0 spiro atoms. The maximum atomic E-state index is 11.4. The van der Waals surface area contributed by atoms with E-state index in [9.17, 15) is 9.59 Å². The van der Waals surface area contributed by atoms with Gasteiger partial charge in [-0.05, 0) is 18.6 Å². The van der Waals surface area contributed by atoms with Crippen molar-refractivity contribution in [2.75, 3.05) is 24.1 Å². The van der Waals surface area contributed by atoms with Crippen molar-refractivity contribution >= 4 is 23.3 Å². The van der Waals surface area contributed by atoms with Gasteiger partial charge in [-0.15, -0.1) is 0 Å². The summed E-state index contributed by atoms with van der Waals surface area (Å²) >= 11 is 0. The van der Waals surface area contributed by atoms with Crippen LogP contribution in [0.25, 0.3) is 0 Å². The summed E-state index contributed by atoms with van der Waals surface area (Å²) in [6.07, 6.45) is 0.847. The highest BCUT2D eigenvalue weighted by Gasteiger charge is 2.13. The molecule has 1 amide bonds. The van der Waals surface area contributed by atoms with Crippen molar-refractivity contribution in [1.82, 2.24) is 5.32 Å². The Bertz CT molecular complexity index is 446. The number of para-hydroxylation sites is 1. The van der Waals surface area contributed by atoms with Gasteiger partial charge in [-0.25, -0.2) is 4.79 Å². The maximum absolute atomic E-state index is 11.4. The Morgan fingerprint density at radius 1 is 1.39 bits per heavy atom. The van der Waals surface area contributed by atoms with Gasteiger partial charge in [0.15, 0.2) is 0 Å². The molecule has 1 aromatic rings. The first-order valence-corrected chi connectivity index (χ1v) is 5.68. The number of nitrogen functional groups attached to an aromatic ring is 1. The number of nitrogens with one attached hydrogen (secondary N) is 2. The zero-order valence-corrected chi connectivity index (χ0v) is 10.2. The first-order valence-electron chi connectivity index (χ1n) is 5.68. The van der Waals surface area contributed by atoms with Gasteiger partial charge in [0.2, 0.25) is 5.91 Å². The van der Waals surface area contributed by atoms with E-state index in [0.29, 0.717) is 12.2 Å². The summed E-state index contributed by atoms with van der Waals surface area (Å²) in [5, 5.41) is 14.4. The van der Waals surface area contributed by atoms with Gasteiger partial charge in [0.1, 0.15) is 0 Å². The highest BCUT2D eigenvalue weighted by atomic mass is 16.4. The average molecular weight is 251 g/mol. The lowest BCUT2D eigenvalue weighted by atomic mass is 10.1.